The monoisotopic (exact) mass is 295 g/mol. The van der Waals surface area contributed by atoms with Gasteiger partial charge in [-0.1, -0.05) is 6.07 Å². The number of nitrogens with one attached hydrogen (secondary N) is 1. The fourth-order valence-corrected chi connectivity index (χ4v) is 1.87. The Labute approximate surface area is 126 Å². The molecule has 0 aliphatic rings. The summed E-state index contributed by atoms with van der Waals surface area (Å²) in [5, 5.41) is 2.77. The topological polar surface area (TPSA) is 76.8 Å². The Morgan fingerprint density at radius 2 is 2.14 bits per heavy atom. The van der Waals surface area contributed by atoms with Crippen molar-refractivity contribution >= 4 is 17.3 Å². The second-order valence-electron chi connectivity index (χ2n) is 5.05. The van der Waals surface area contributed by atoms with Crippen molar-refractivity contribution in [2.45, 2.75) is 20.0 Å². The first-order valence-electron chi connectivity index (χ1n) is 6.97. The largest absolute Gasteiger partial charge is 0.489 e. The first-order valence-corrected chi connectivity index (χ1v) is 6.97. The predicted octanol–water partition coefficient (Wildman–Crippen LogP) is 1.25. The van der Waals surface area contributed by atoms with E-state index in [1.54, 1.807) is 12.0 Å². The van der Waals surface area contributed by atoms with Crippen molar-refractivity contribution in [2.75, 3.05) is 44.5 Å². The number of anilines is 2. The van der Waals surface area contributed by atoms with E-state index in [1.807, 2.05) is 39.1 Å². The van der Waals surface area contributed by atoms with Crippen LogP contribution in [0, 0.1) is 0 Å². The number of benzene rings is 1. The second-order valence-corrected chi connectivity index (χ2v) is 5.05. The van der Waals surface area contributed by atoms with E-state index in [4.69, 9.17) is 15.2 Å². The summed E-state index contributed by atoms with van der Waals surface area (Å²) in [5.74, 6) is 0.554. The smallest absolute Gasteiger partial charge is 0.239 e. The van der Waals surface area contributed by atoms with Crippen LogP contribution in [0.2, 0.25) is 0 Å². The van der Waals surface area contributed by atoms with E-state index < -0.39 is 0 Å². The number of nitrogen functional groups attached to an aromatic ring is 1. The molecule has 0 spiro atoms. The molecule has 1 rings (SSSR count). The summed E-state index contributed by atoms with van der Waals surface area (Å²) in [5.41, 5.74) is 7.42. The Morgan fingerprint density at radius 3 is 2.76 bits per heavy atom. The number of nitrogens with two attached hydrogens (primary N) is 1. The zero-order chi connectivity index (χ0) is 15.8. The van der Waals surface area contributed by atoms with Gasteiger partial charge in [0.1, 0.15) is 5.75 Å². The van der Waals surface area contributed by atoms with Gasteiger partial charge < -0.3 is 25.4 Å². The van der Waals surface area contributed by atoms with Gasteiger partial charge in [0.15, 0.2) is 0 Å². The molecular formula is C15H25N3O3. The highest BCUT2D eigenvalue weighted by Gasteiger charge is 2.13. The molecule has 0 saturated heterocycles. The molecule has 118 valence electrons. The molecule has 0 aliphatic heterocycles. The summed E-state index contributed by atoms with van der Waals surface area (Å²) < 4.78 is 10.5. The third-order valence-electron chi connectivity index (χ3n) is 2.83. The Bertz CT molecular complexity index is 463. The lowest BCUT2D eigenvalue weighted by Crippen LogP contribution is -2.36. The van der Waals surface area contributed by atoms with Gasteiger partial charge in [-0.3, -0.25) is 4.79 Å². The summed E-state index contributed by atoms with van der Waals surface area (Å²) in [6, 6.07) is 5.55. The summed E-state index contributed by atoms with van der Waals surface area (Å²) in [4.78, 5) is 13.6. The van der Waals surface area contributed by atoms with Crippen LogP contribution >= 0.6 is 0 Å². The van der Waals surface area contributed by atoms with E-state index in [9.17, 15) is 4.79 Å². The average molecular weight is 295 g/mol. The molecule has 0 heterocycles. The van der Waals surface area contributed by atoms with Crippen LogP contribution in [0.25, 0.3) is 0 Å². The molecule has 1 amide bonds. The summed E-state index contributed by atoms with van der Waals surface area (Å²) in [7, 11) is 3.42. The Hall–Kier alpha value is -1.95. The van der Waals surface area contributed by atoms with Crippen LogP contribution in [0.5, 0.6) is 5.75 Å². The van der Waals surface area contributed by atoms with Crippen LogP contribution in [0.1, 0.15) is 13.8 Å². The maximum Gasteiger partial charge on any atom is 0.239 e. The quantitative estimate of drug-likeness (QED) is 0.557. The lowest BCUT2D eigenvalue weighted by atomic mass is 10.2. The molecule has 0 radical (unpaired) electrons. The number of likely N-dealkylation sites (N-methyl/N-ethyl adjacent to an activating group) is 1. The van der Waals surface area contributed by atoms with Crippen molar-refractivity contribution in [3.63, 3.8) is 0 Å². The fourth-order valence-electron chi connectivity index (χ4n) is 1.87. The average Bonchev–Trinajstić information content (AvgIpc) is 2.40. The lowest BCUT2D eigenvalue weighted by molar-refractivity contribution is -0.119. The summed E-state index contributed by atoms with van der Waals surface area (Å²) >= 11 is 0. The molecule has 0 fully saturated rings. The molecule has 1 aromatic carbocycles. The molecule has 0 bridgehead atoms. The minimum Gasteiger partial charge on any atom is -0.489 e. The van der Waals surface area contributed by atoms with Crippen LogP contribution in [0.15, 0.2) is 18.2 Å². The molecule has 1 aromatic rings. The Balaban J connectivity index is 2.69. The van der Waals surface area contributed by atoms with E-state index >= 15 is 0 Å². The van der Waals surface area contributed by atoms with Crippen molar-refractivity contribution in [1.82, 2.24) is 5.32 Å². The number of carbonyl (C=O) groups is 1. The molecule has 6 nitrogen and oxygen atoms in total. The van der Waals surface area contributed by atoms with Gasteiger partial charge in [-0.15, -0.1) is 0 Å². The normalized spacial score (nSPS) is 10.5. The second kappa shape index (κ2) is 8.36. The highest BCUT2D eigenvalue weighted by Crippen LogP contribution is 2.32. The Kier molecular flexibility index (Phi) is 6.81. The number of hydrogen-bond acceptors (Lipinski definition) is 5. The lowest BCUT2D eigenvalue weighted by Gasteiger charge is -2.22. The van der Waals surface area contributed by atoms with E-state index in [2.05, 4.69) is 5.32 Å². The van der Waals surface area contributed by atoms with Gasteiger partial charge in [-0.05, 0) is 26.0 Å². The van der Waals surface area contributed by atoms with Gasteiger partial charge in [0.05, 0.1) is 30.6 Å². The third-order valence-corrected chi connectivity index (χ3v) is 2.83. The number of amides is 1. The molecule has 21 heavy (non-hydrogen) atoms. The number of ether oxygens (including phenoxy) is 2. The zero-order valence-corrected chi connectivity index (χ0v) is 13.2. The number of para-hydroxylation sites is 1. The first kappa shape index (κ1) is 17.1. The summed E-state index contributed by atoms with van der Waals surface area (Å²) in [6.07, 6.45) is 0.0465. The highest BCUT2D eigenvalue weighted by atomic mass is 16.5. The molecule has 6 heteroatoms. The SMILES string of the molecule is COCCNC(=O)CN(C)c1cccc(OC(C)C)c1N. The van der Waals surface area contributed by atoms with Gasteiger partial charge in [0.2, 0.25) is 5.91 Å². The third kappa shape index (κ3) is 5.51. The van der Waals surface area contributed by atoms with Crippen LogP contribution in [-0.4, -0.2) is 45.9 Å². The first-order chi connectivity index (χ1) is 9.95. The van der Waals surface area contributed by atoms with Gasteiger partial charge in [-0.25, -0.2) is 0 Å². The van der Waals surface area contributed by atoms with Crippen LogP contribution in [0.4, 0.5) is 11.4 Å². The maximum atomic E-state index is 11.8. The fraction of sp³-hybridized carbons (Fsp3) is 0.533. The molecule has 0 unspecified atom stereocenters. The molecule has 0 saturated carbocycles. The Morgan fingerprint density at radius 1 is 1.43 bits per heavy atom. The minimum atomic E-state index is -0.0795. The minimum absolute atomic E-state index is 0.0465. The number of carbonyl (C=O) groups excluding carboxylic acids is 1. The van der Waals surface area contributed by atoms with Gasteiger partial charge in [0, 0.05) is 20.7 Å². The molecule has 3 N–H and O–H groups in total. The summed E-state index contributed by atoms with van der Waals surface area (Å²) in [6.45, 7) is 5.10. The molecule has 0 atom stereocenters. The maximum absolute atomic E-state index is 11.8. The van der Waals surface area contributed by atoms with Crippen LogP contribution in [0.3, 0.4) is 0 Å². The van der Waals surface area contributed by atoms with Crippen LogP contribution < -0.4 is 20.7 Å². The number of nitrogens with zero attached hydrogens (tertiary/aromatic N) is 1. The highest BCUT2D eigenvalue weighted by molar-refractivity contribution is 5.84. The number of hydrogen-bond donors (Lipinski definition) is 2. The van der Waals surface area contributed by atoms with Crippen molar-refractivity contribution in [3.05, 3.63) is 18.2 Å². The van der Waals surface area contributed by atoms with E-state index in [0.29, 0.717) is 24.6 Å². The van der Waals surface area contributed by atoms with Gasteiger partial charge >= 0.3 is 0 Å². The molecule has 0 aliphatic carbocycles. The molecular weight excluding hydrogens is 270 g/mol. The van der Waals surface area contributed by atoms with E-state index in [-0.39, 0.29) is 18.6 Å². The van der Waals surface area contributed by atoms with Crippen molar-refractivity contribution in [2.24, 2.45) is 0 Å². The van der Waals surface area contributed by atoms with Crippen LogP contribution in [-0.2, 0) is 9.53 Å². The van der Waals surface area contributed by atoms with E-state index in [0.717, 1.165) is 5.69 Å². The predicted molar refractivity (Wildman–Crippen MR) is 84.8 cm³/mol. The number of rotatable bonds is 8. The molecule has 0 aromatic heterocycles. The van der Waals surface area contributed by atoms with Crippen molar-refractivity contribution in [3.8, 4) is 5.75 Å². The number of methoxy groups -OCH3 is 1. The van der Waals surface area contributed by atoms with E-state index in [1.165, 1.54) is 0 Å². The van der Waals surface area contributed by atoms with Gasteiger partial charge in [0.25, 0.3) is 0 Å². The van der Waals surface area contributed by atoms with Gasteiger partial charge in [-0.2, -0.15) is 0 Å². The zero-order valence-electron chi connectivity index (χ0n) is 13.2. The van der Waals surface area contributed by atoms with Crippen molar-refractivity contribution < 1.29 is 14.3 Å². The standard InChI is InChI=1S/C15H25N3O3/c1-11(2)21-13-7-5-6-12(15(13)16)18(3)10-14(19)17-8-9-20-4/h5-7,11H,8-10,16H2,1-4H3,(H,17,19). The van der Waals surface area contributed by atoms with Crippen molar-refractivity contribution in [1.29, 1.82) is 0 Å².